The number of hydrogen-bond acceptors (Lipinski definition) is 3. The fourth-order valence-corrected chi connectivity index (χ4v) is 2.75. The van der Waals surface area contributed by atoms with E-state index in [1.807, 2.05) is 0 Å². The summed E-state index contributed by atoms with van der Waals surface area (Å²) in [5.41, 5.74) is 0.237. The van der Waals surface area contributed by atoms with Gasteiger partial charge in [0.1, 0.15) is 11.2 Å². The molecule has 0 unspecified atom stereocenters. The van der Waals surface area contributed by atoms with Crippen LogP contribution >= 0.6 is 0 Å². The van der Waals surface area contributed by atoms with Crippen molar-refractivity contribution >= 4 is 16.7 Å². The number of aryl methyl sites for hydroxylation is 1. The van der Waals surface area contributed by atoms with Crippen molar-refractivity contribution in [1.82, 2.24) is 9.97 Å². The highest BCUT2D eigenvalue weighted by Gasteiger charge is 2.34. The monoisotopic (exact) mass is 349 g/mol. The van der Waals surface area contributed by atoms with Crippen LogP contribution in [0.3, 0.4) is 0 Å². The van der Waals surface area contributed by atoms with Gasteiger partial charge in [0.05, 0.1) is 16.8 Å². The van der Waals surface area contributed by atoms with Crippen LogP contribution in [-0.2, 0) is 6.18 Å². The normalized spacial score (nSPS) is 13.0. The van der Waals surface area contributed by atoms with Gasteiger partial charge >= 0.3 is 6.18 Å². The molecule has 2 heterocycles. The number of aromatic nitrogens is 2. The molecule has 3 rings (SSSR count). The standard InChI is InChI=1S/C18H15F4N3/c1-10(12-6-3-4-7-13(12)18(20,21)22)25-17-15(19)11(2)24-14-8-5-9-23-16(14)17/h3-10H,1-2H3,(H,24,25)/t10-/m1/s1. The molecule has 7 heteroatoms. The highest BCUT2D eigenvalue weighted by molar-refractivity contribution is 5.88. The van der Waals surface area contributed by atoms with E-state index in [-0.39, 0.29) is 22.5 Å². The van der Waals surface area contributed by atoms with Gasteiger partial charge in [-0.2, -0.15) is 13.2 Å². The number of anilines is 1. The van der Waals surface area contributed by atoms with Crippen LogP contribution in [0.25, 0.3) is 11.0 Å². The number of hydrogen-bond donors (Lipinski definition) is 1. The summed E-state index contributed by atoms with van der Waals surface area (Å²) < 4.78 is 54.2. The van der Waals surface area contributed by atoms with Gasteiger partial charge in [-0.25, -0.2) is 9.37 Å². The smallest absolute Gasteiger partial charge is 0.374 e. The minimum Gasteiger partial charge on any atom is -0.374 e. The Morgan fingerprint density at radius 1 is 1.08 bits per heavy atom. The second kappa shape index (κ2) is 6.31. The number of fused-ring (bicyclic) bond motifs is 1. The number of pyridine rings is 2. The lowest BCUT2D eigenvalue weighted by molar-refractivity contribution is -0.138. The van der Waals surface area contributed by atoms with Gasteiger partial charge in [0, 0.05) is 12.2 Å². The van der Waals surface area contributed by atoms with Gasteiger partial charge in [-0.1, -0.05) is 18.2 Å². The van der Waals surface area contributed by atoms with E-state index in [2.05, 4.69) is 15.3 Å². The van der Waals surface area contributed by atoms with E-state index in [1.54, 1.807) is 19.1 Å². The molecule has 0 aliphatic rings. The van der Waals surface area contributed by atoms with Gasteiger partial charge in [0.15, 0.2) is 5.82 Å². The van der Waals surface area contributed by atoms with Crippen LogP contribution in [0.2, 0.25) is 0 Å². The van der Waals surface area contributed by atoms with Crippen molar-refractivity contribution in [3.8, 4) is 0 Å². The molecule has 130 valence electrons. The Morgan fingerprint density at radius 3 is 2.52 bits per heavy atom. The van der Waals surface area contributed by atoms with Crippen molar-refractivity contribution < 1.29 is 17.6 Å². The zero-order valence-electron chi connectivity index (χ0n) is 13.5. The highest BCUT2D eigenvalue weighted by Crippen LogP contribution is 2.36. The Labute approximate surface area is 141 Å². The summed E-state index contributed by atoms with van der Waals surface area (Å²) in [5.74, 6) is -0.623. The van der Waals surface area contributed by atoms with Crippen LogP contribution in [0.1, 0.15) is 29.8 Å². The number of rotatable bonds is 3. The predicted octanol–water partition coefficient (Wildman–Crippen LogP) is 5.27. The molecule has 3 aromatic rings. The van der Waals surface area contributed by atoms with Crippen LogP contribution in [0, 0.1) is 12.7 Å². The lowest BCUT2D eigenvalue weighted by atomic mass is 10.0. The van der Waals surface area contributed by atoms with E-state index < -0.39 is 23.6 Å². The first kappa shape index (κ1) is 17.1. The molecule has 0 aliphatic carbocycles. The molecule has 0 spiro atoms. The van der Waals surface area contributed by atoms with Crippen LogP contribution in [-0.4, -0.2) is 9.97 Å². The number of alkyl halides is 3. The van der Waals surface area contributed by atoms with Gasteiger partial charge in [0.2, 0.25) is 0 Å². The Balaban J connectivity index is 2.07. The number of nitrogens with zero attached hydrogens (tertiary/aromatic N) is 2. The minimum absolute atomic E-state index is 0.0351. The maximum Gasteiger partial charge on any atom is 0.416 e. The number of benzene rings is 1. The van der Waals surface area contributed by atoms with Crippen molar-refractivity contribution in [3.05, 3.63) is 65.2 Å². The SMILES string of the molecule is Cc1nc2cccnc2c(N[C@H](C)c2ccccc2C(F)(F)F)c1F. The Bertz CT molecular complexity index is 922. The third-order valence-electron chi connectivity index (χ3n) is 3.94. The van der Waals surface area contributed by atoms with E-state index in [0.29, 0.717) is 5.52 Å². The first-order valence-electron chi connectivity index (χ1n) is 7.62. The van der Waals surface area contributed by atoms with Crippen LogP contribution < -0.4 is 5.32 Å². The second-order valence-electron chi connectivity index (χ2n) is 5.71. The van der Waals surface area contributed by atoms with Gasteiger partial charge in [-0.05, 0) is 37.6 Å². The van der Waals surface area contributed by atoms with Crippen LogP contribution in [0.4, 0.5) is 23.2 Å². The molecule has 0 aliphatic heterocycles. The summed E-state index contributed by atoms with van der Waals surface area (Å²) in [5, 5.41) is 2.85. The third kappa shape index (κ3) is 3.26. The van der Waals surface area contributed by atoms with E-state index in [4.69, 9.17) is 0 Å². The van der Waals surface area contributed by atoms with Crippen LogP contribution in [0.15, 0.2) is 42.6 Å². The molecule has 25 heavy (non-hydrogen) atoms. The first-order chi connectivity index (χ1) is 11.8. The largest absolute Gasteiger partial charge is 0.416 e. The van der Waals surface area contributed by atoms with E-state index in [9.17, 15) is 17.6 Å². The van der Waals surface area contributed by atoms with Gasteiger partial charge in [-0.3, -0.25) is 4.98 Å². The molecule has 0 saturated carbocycles. The number of halogens is 4. The third-order valence-corrected chi connectivity index (χ3v) is 3.94. The molecule has 0 amide bonds. The fourth-order valence-electron chi connectivity index (χ4n) is 2.75. The highest BCUT2D eigenvalue weighted by atomic mass is 19.4. The molecular weight excluding hydrogens is 334 g/mol. The first-order valence-corrected chi connectivity index (χ1v) is 7.62. The average Bonchev–Trinajstić information content (AvgIpc) is 2.58. The topological polar surface area (TPSA) is 37.8 Å². The predicted molar refractivity (Wildman–Crippen MR) is 87.7 cm³/mol. The Hall–Kier alpha value is -2.70. The summed E-state index contributed by atoms with van der Waals surface area (Å²) in [6.07, 6.45) is -3.00. The number of nitrogens with one attached hydrogen (secondary N) is 1. The quantitative estimate of drug-likeness (QED) is 0.655. The summed E-state index contributed by atoms with van der Waals surface area (Å²) in [6, 6.07) is 7.80. The lowest BCUT2D eigenvalue weighted by Crippen LogP contribution is -2.16. The van der Waals surface area contributed by atoms with E-state index in [1.165, 1.54) is 31.3 Å². The lowest BCUT2D eigenvalue weighted by Gasteiger charge is -2.21. The van der Waals surface area contributed by atoms with Crippen molar-refractivity contribution in [3.63, 3.8) is 0 Å². The zero-order chi connectivity index (χ0) is 18.2. The molecule has 1 atom stereocenters. The van der Waals surface area contributed by atoms with Crippen molar-refractivity contribution in [2.45, 2.75) is 26.1 Å². The van der Waals surface area contributed by atoms with Crippen molar-refractivity contribution in [1.29, 1.82) is 0 Å². The van der Waals surface area contributed by atoms with Crippen LogP contribution in [0.5, 0.6) is 0 Å². The van der Waals surface area contributed by atoms with Gasteiger partial charge < -0.3 is 5.32 Å². The van der Waals surface area contributed by atoms with Crippen molar-refractivity contribution in [2.75, 3.05) is 5.32 Å². The molecule has 0 bridgehead atoms. The molecule has 1 N–H and O–H groups in total. The molecule has 3 nitrogen and oxygen atoms in total. The van der Waals surface area contributed by atoms with Gasteiger partial charge in [0.25, 0.3) is 0 Å². The maximum absolute atomic E-state index is 14.6. The molecule has 2 aromatic heterocycles. The molecule has 0 saturated heterocycles. The van der Waals surface area contributed by atoms with Crippen molar-refractivity contribution in [2.24, 2.45) is 0 Å². The summed E-state index contributed by atoms with van der Waals surface area (Å²) in [4.78, 5) is 8.23. The van der Waals surface area contributed by atoms with E-state index in [0.717, 1.165) is 6.07 Å². The maximum atomic E-state index is 14.6. The second-order valence-corrected chi connectivity index (χ2v) is 5.71. The zero-order valence-corrected chi connectivity index (χ0v) is 13.5. The van der Waals surface area contributed by atoms with Gasteiger partial charge in [-0.15, -0.1) is 0 Å². The van der Waals surface area contributed by atoms with E-state index >= 15 is 0 Å². The average molecular weight is 349 g/mol. The molecule has 1 aromatic carbocycles. The minimum atomic E-state index is -4.49. The molecule has 0 fully saturated rings. The fraction of sp³-hybridized carbons (Fsp3) is 0.222. The Kier molecular flexibility index (Phi) is 4.32. The summed E-state index contributed by atoms with van der Waals surface area (Å²) in [6.45, 7) is 3.05. The Morgan fingerprint density at radius 2 is 1.80 bits per heavy atom. The summed E-state index contributed by atoms with van der Waals surface area (Å²) in [7, 11) is 0. The summed E-state index contributed by atoms with van der Waals surface area (Å²) >= 11 is 0. The molecule has 0 radical (unpaired) electrons. The molecular formula is C18H15F4N3.